The third kappa shape index (κ3) is 1.84. The van der Waals surface area contributed by atoms with E-state index in [-0.39, 0.29) is 13.0 Å². The topological polar surface area (TPSA) is 26.3 Å². The van der Waals surface area contributed by atoms with Crippen LogP contribution < -0.4 is 0 Å². The summed E-state index contributed by atoms with van der Waals surface area (Å²) in [6.07, 6.45) is 0.166. The largest absolute Gasteiger partial charge is 0.461 e. The van der Waals surface area contributed by atoms with Crippen LogP contribution in [0.3, 0.4) is 0 Å². The maximum Gasteiger partial charge on any atom is 0.377 e. The standard InChI is InChI=1S/C11H10F2O2/c12-11(13)9(7-15-10(11)14)6-8-4-2-1-3-5-8/h1-5,9H,6-7H2. The zero-order valence-corrected chi connectivity index (χ0v) is 7.95. The van der Waals surface area contributed by atoms with Crippen LogP contribution in [0.1, 0.15) is 5.56 Å². The highest BCUT2D eigenvalue weighted by molar-refractivity contribution is 5.79. The summed E-state index contributed by atoms with van der Waals surface area (Å²) in [5.74, 6) is -5.77. The molecule has 1 unspecified atom stereocenters. The summed E-state index contributed by atoms with van der Waals surface area (Å²) in [5.41, 5.74) is 0.792. The monoisotopic (exact) mass is 212 g/mol. The maximum atomic E-state index is 13.2. The third-order valence-electron chi connectivity index (χ3n) is 2.53. The number of rotatable bonds is 2. The van der Waals surface area contributed by atoms with Gasteiger partial charge in [0.2, 0.25) is 0 Å². The number of halogens is 2. The van der Waals surface area contributed by atoms with Crippen LogP contribution in [0.15, 0.2) is 30.3 Å². The lowest BCUT2D eigenvalue weighted by Crippen LogP contribution is -2.31. The average Bonchev–Trinajstić information content (AvgIpc) is 2.47. The second-order valence-corrected chi connectivity index (χ2v) is 3.61. The normalized spacial score (nSPS) is 23.9. The summed E-state index contributed by atoms with van der Waals surface area (Å²) in [7, 11) is 0. The molecular formula is C11H10F2O2. The summed E-state index contributed by atoms with van der Waals surface area (Å²) in [6, 6.07) is 8.91. The summed E-state index contributed by atoms with van der Waals surface area (Å²) in [5, 5.41) is 0. The van der Waals surface area contributed by atoms with Crippen LogP contribution in [-0.4, -0.2) is 18.5 Å². The van der Waals surface area contributed by atoms with Crippen molar-refractivity contribution in [1.29, 1.82) is 0 Å². The van der Waals surface area contributed by atoms with Crippen LogP contribution in [-0.2, 0) is 16.0 Å². The molecular weight excluding hydrogens is 202 g/mol. The van der Waals surface area contributed by atoms with Gasteiger partial charge in [-0.25, -0.2) is 4.79 Å². The molecule has 1 saturated heterocycles. The highest BCUT2D eigenvalue weighted by atomic mass is 19.3. The average molecular weight is 212 g/mol. The first kappa shape index (κ1) is 10.1. The van der Waals surface area contributed by atoms with Crippen LogP contribution in [0.4, 0.5) is 8.78 Å². The molecule has 2 rings (SSSR count). The minimum atomic E-state index is -3.34. The van der Waals surface area contributed by atoms with Gasteiger partial charge in [-0.3, -0.25) is 0 Å². The van der Waals surface area contributed by atoms with E-state index < -0.39 is 17.8 Å². The van der Waals surface area contributed by atoms with Gasteiger partial charge in [0.25, 0.3) is 0 Å². The van der Waals surface area contributed by atoms with Crippen LogP contribution in [0.5, 0.6) is 0 Å². The second kappa shape index (κ2) is 3.61. The van der Waals surface area contributed by atoms with E-state index >= 15 is 0 Å². The molecule has 0 aromatic heterocycles. The number of alkyl halides is 2. The van der Waals surface area contributed by atoms with Crippen molar-refractivity contribution >= 4 is 5.97 Å². The fraction of sp³-hybridized carbons (Fsp3) is 0.364. The molecule has 1 fully saturated rings. The van der Waals surface area contributed by atoms with E-state index in [9.17, 15) is 13.6 Å². The fourth-order valence-electron chi connectivity index (χ4n) is 1.63. The van der Waals surface area contributed by atoms with E-state index in [1.807, 2.05) is 6.07 Å². The van der Waals surface area contributed by atoms with Gasteiger partial charge < -0.3 is 4.74 Å². The van der Waals surface area contributed by atoms with Crippen molar-refractivity contribution in [3.05, 3.63) is 35.9 Å². The molecule has 0 aliphatic carbocycles. The van der Waals surface area contributed by atoms with Crippen molar-refractivity contribution in [2.75, 3.05) is 6.61 Å². The SMILES string of the molecule is O=C1OCC(Cc2ccccc2)C1(F)F. The first-order chi connectivity index (χ1) is 7.10. The highest BCUT2D eigenvalue weighted by Crippen LogP contribution is 2.34. The molecule has 1 aliphatic rings. The Morgan fingerprint density at radius 3 is 2.53 bits per heavy atom. The number of carbonyl (C=O) groups is 1. The van der Waals surface area contributed by atoms with Gasteiger partial charge in [0.05, 0.1) is 5.92 Å². The molecule has 0 bridgehead atoms. The Balaban J connectivity index is 2.11. The molecule has 1 aliphatic heterocycles. The van der Waals surface area contributed by atoms with Crippen molar-refractivity contribution in [1.82, 2.24) is 0 Å². The minimum absolute atomic E-state index is 0.166. The van der Waals surface area contributed by atoms with Crippen molar-refractivity contribution < 1.29 is 18.3 Å². The van der Waals surface area contributed by atoms with Crippen LogP contribution in [0.25, 0.3) is 0 Å². The lowest BCUT2D eigenvalue weighted by atomic mass is 9.96. The quantitative estimate of drug-likeness (QED) is 0.701. The molecule has 0 spiro atoms. The highest BCUT2D eigenvalue weighted by Gasteiger charge is 2.54. The molecule has 4 heteroatoms. The molecule has 0 radical (unpaired) electrons. The Kier molecular flexibility index (Phi) is 2.42. The zero-order valence-electron chi connectivity index (χ0n) is 7.95. The lowest BCUT2D eigenvalue weighted by molar-refractivity contribution is -0.159. The Labute approximate surface area is 85.9 Å². The second-order valence-electron chi connectivity index (χ2n) is 3.61. The van der Waals surface area contributed by atoms with E-state index in [2.05, 4.69) is 4.74 Å². The Bertz CT molecular complexity index is 362. The molecule has 2 nitrogen and oxygen atoms in total. The Morgan fingerprint density at radius 2 is 2.00 bits per heavy atom. The van der Waals surface area contributed by atoms with E-state index in [4.69, 9.17) is 0 Å². The Morgan fingerprint density at radius 1 is 1.33 bits per heavy atom. The van der Waals surface area contributed by atoms with Gasteiger partial charge in [0, 0.05) is 0 Å². The molecule has 0 amide bonds. The molecule has 15 heavy (non-hydrogen) atoms. The van der Waals surface area contributed by atoms with Crippen molar-refractivity contribution in [3.63, 3.8) is 0 Å². The van der Waals surface area contributed by atoms with E-state index in [1.54, 1.807) is 24.3 Å². The fourth-order valence-corrected chi connectivity index (χ4v) is 1.63. The molecule has 1 aromatic rings. The summed E-state index contributed by atoms with van der Waals surface area (Å²) < 4.78 is 30.8. The van der Waals surface area contributed by atoms with Gasteiger partial charge in [-0.15, -0.1) is 0 Å². The van der Waals surface area contributed by atoms with Crippen LogP contribution in [0.2, 0.25) is 0 Å². The number of esters is 1. The maximum absolute atomic E-state index is 13.2. The summed E-state index contributed by atoms with van der Waals surface area (Å²) >= 11 is 0. The minimum Gasteiger partial charge on any atom is -0.461 e. The predicted octanol–water partition coefficient (Wildman–Crippen LogP) is 2.04. The molecule has 80 valence electrons. The number of benzene rings is 1. The van der Waals surface area contributed by atoms with Crippen LogP contribution >= 0.6 is 0 Å². The molecule has 0 saturated carbocycles. The van der Waals surface area contributed by atoms with Gasteiger partial charge >= 0.3 is 11.9 Å². The van der Waals surface area contributed by atoms with E-state index in [1.165, 1.54) is 0 Å². The molecule has 1 aromatic carbocycles. The zero-order chi connectivity index (χ0) is 10.9. The number of carbonyl (C=O) groups excluding carboxylic acids is 1. The molecule has 1 atom stereocenters. The van der Waals surface area contributed by atoms with Crippen LogP contribution in [0, 0.1) is 5.92 Å². The van der Waals surface area contributed by atoms with Gasteiger partial charge in [-0.05, 0) is 12.0 Å². The van der Waals surface area contributed by atoms with E-state index in [0.29, 0.717) is 0 Å². The first-order valence-corrected chi connectivity index (χ1v) is 4.69. The number of cyclic esters (lactones) is 1. The smallest absolute Gasteiger partial charge is 0.377 e. The lowest BCUT2D eigenvalue weighted by Gasteiger charge is -2.13. The summed E-state index contributed by atoms with van der Waals surface area (Å²) in [4.78, 5) is 10.7. The summed E-state index contributed by atoms with van der Waals surface area (Å²) in [6.45, 7) is -0.194. The van der Waals surface area contributed by atoms with Crippen molar-refractivity contribution in [2.45, 2.75) is 12.3 Å². The first-order valence-electron chi connectivity index (χ1n) is 4.69. The van der Waals surface area contributed by atoms with Gasteiger partial charge in [-0.2, -0.15) is 8.78 Å². The third-order valence-corrected chi connectivity index (χ3v) is 2.53. The molecule has 0 N–H and O–H groups in total. The van der Waals surface area contributed by atoms with E-state index in [0.717, 1.165) is 5.56 Å². The number of ether oxygens (including phenoxy) is 1. The van der Waals surface area contributed by atoms with Gasteiger partial charge in [0.1, 0.15) is 6.61 Å². The Hall–Kier alpha value is -1.45. The van der Waals surface area contributed by atoms with Crippen molar-refractivity contribution in [3.8, 4) is 0 Å². The number of hydrogen-bond donors (Lipinski definition) is 0. The molecule has 1 heterocycles. The predicted molar refractivity (Wildman–Crippen MR) is 49.5 cm³/mol. The number of hydrogen-bond acceptors (Lipinski definition) is 2. The van der Waals surface area contributed by atoms with Crippen molar-refractivity contribution in [2.24, 2.45) is 5.92 Å². The van der Waals surface area contributed by atoms with Gasteiger partial charge in [-0.1, -0.05) is 30.3 Å². The van der Waals surface area contributed by atoms with Gasteiger partial charge in [0.15, 0.2) is 0 Å².